The van der Waals surface area contributed by atoms with Crippen LogP contribution in [0.2, 0.25) is 0 Å². The molecule has 2 aromatic rings. The minimum Gasteiger partial charge on any atom is -0.350 e. The van der Waals surface area contributed by atoms with Crippen LogP contribution >= 0.6 is 23.1 Å². The zero-order valence-corrected chi connectivity index (χ0v) is 16.1. The van der Waals surface area contributed by atoms with Gasteiger partial charge in [0.15, 0.2) is 0 Å². The van der Waals surface area contributed by atoms with E-state index in [4.69, 9.17) is 0 Å². The van der Waals surface area contributed by atoms with Crippen LogP contribution in [0.3, 0.4) is 0 Å². The van der Waals surface area contributed by atoms with E-state index in [1.165, 1.54) is 11.3 Å². The third kappa shape index (κ3) is 4.22. The molecule has 0 spiro atoms. The second-order valence-electron chi connectivity index (χ2n) is 6.93. The molecule has 1 unspecified atom stereocenters. The van der Waals surface area contributed by atoms with Crippen LogP contribution in [0.15, 0.2) is 35.7 Å². The largest absolute Gasteiger partial charge is 0.350 e. The van der Waals surface area contributed by atoms with Crippen LogP contribution in [0.25, 0.3) is 10.6 Å². The van der Waals surface area contributed by atoms with Gasteiger partial charge in [-0.1, -0.05) is 30.3 Å². The number of hydrogen-bond donors (Lipinski definition) is 1. The first kappa shape index (κ1) is 17.9. The van der Waals surface area contributed by atoms with Gasteiger partial charge in [-0.2, -0.15) is 0 Å². The summed E-state index contributed by atoms with van der Waals surface area (Å²) >= 11 is 3.03. The van der Waals surface area contributed by atoms with Gasteiger partial charge in [0.2, 0.25) is 5.91 Å². The highest BCUT2D eigenvalue weighted by molar-refractivity contribution is 7.99. The third-order valence-electron chi connectivity index (χ3n) is 3.69. The molecule has 2 amide bonds. The van der Waals surface area contributed by atoms with Crippen LogP contribution < -0.4 is 5.32 Å². The maximum Gasteiger partial charge on any atom is 0.274 e. The zero-order chi connectivity index (χ0) is 18.0. The molecular formula is C18H21N3O2S2. The first-order valence-electron chi connectivity index (χ1n) is 8.07. The molecule has 1 saturated heterocycles. The number of nitrogens with zero attached hydrogens (tertiary/aromatic N) is 2. The summed E-state index contributed by atoms with van der Waals surface area (Å²) in [6.45, 7) is 5.81. The van der Waals surface area contributed by atoms with Gasteiger partial charge < -0.3 is 10.2 Å². The van der Waals surface area contributed by atoms with Gasteiger partial charge in [0.05, 0.1) is 5.88 Å². The van der Waals surface area contributed by atoms with Crippen molar-refractivity contribution in [2.45, 2.75) is 32.4 Å². The SMILES string of the molecule is CC(C)(C)NC(=O)C1CSCN1C(=O)c1csc(-c2ccccc2)n1. The Balaban J connectivity index is 1.76. The fraction of sp³-hybridized carbons (Fsp3) is 0.389. The number of carbonyl (C=O) groups is 2. The summed E-state index contributed by atoms with van der Waals surface area (Å²) in [4.78, 5) is 31.4. The van der Waals surface area contributed by atoms with Crippen molar-refractivity contribution in [1.82, 2.24) is 15.2 Å². The molecule has 0 bridgehead atoms. The van der Waals surface area contributed by atoms with Crippen molar-refractivity contribution in [3.63, 3.8) is 0 Å². The number of hydrogen-bond acceptors (Lipinski definition) is 5. The predicted molar refractivity (Wildman–Crippen MR) is 103 cm³/mol. The van der Waals surface area contributed by atoms with E-state index in [1.54, 1.807) is 22.0 Å². The molecule has 0 radical (unpaired) electrons. The van der Waals surface area contributed by atoms with Crippen LogP contribution in [0.1, 0.15) is 31.3 Å². The molecule has 1 atom stereocenters. The molecule has 1 aromatic carbocycles. The molecule has 5 nitrogen and oxygen atoms in total. The lowest BCUT2D eigenvalue weighted by Gasteiger charge is -2.27. The average molecular weight is 376 g/mol. The highest BCUT2D eigenvalue weighted by Crippen LogP contribution is 2.27. The number of nitrogens with one attached hydrogen (secondary N) is 1. The quantitative estimate of drug-likeness (QED) is 0.895. The molecule has 2 heterocycles. The topological polar surface area (TPSA) is 62.3 Å². The highest BCUT2D eigenvalue weighted by atomic mass is 32.2. The maximum atomic E-state index is 12.8. The summed E-state index contributed by atoms with van der Waals surface area (Å²) in [6, 6.07) is 9.34. The molecule has 1 fully saturated rings. The van der Waals surface area contributed by atoms with Crippen LogP contribution in [-0.4, -0.2) is 44.9 Å². The number of thioether (sulfide) groups is 1. The van der Waals surface area contributed by atoms with Gasteiger partial charge in [0.1, 0.15) is 16.7 Å². The Kier molecular flexibility index (Phi) is 5.15. The Morgan fingerprint density at radius 3 is 2.64 bits per heavy atom. The number of rotatable bonds is 3. The van der Waals surface area contributed by atoms with Gasteiger partial charge >= 0.3 is 0 Å². The predicted octanol–water partition coefficient (Wildman–Crippen LogP) is 3.24. The van der Waals surface area contributed by atoms with E-state index in [-0.39, 0.29) is 17.4 Å². The summed E-state index contributed by atoms with van der Waals surface area (Å²) in [6.07, 6.45) is 0. The van der Waals surface area contributed by atoms with Crippen molar-refractivity contribution in [2.24, 2.45) is 0 Å². The van der Waals surface area contributed by atoms with Crippen LogP contribution in [0.4, 0.5) is 0 Å². The lowest BCUT2D eigenvalue weighted by atomic mass is 10.1. The second kappa shape index (κ2) is 7.17. The normalized spacial score (nSPS) is 17.6. The van der Waals surface area contributed by atoms with Gasteiger partial charge in [-0.05, 0) is 20.8 Å². The van der Waals surface area contributed by atoms with E-state index >= 15 is 0 Å². The second-order valence-corrected chi connectivity index (χ2v) is 8.79. The van der Waals surface area contributed by atoms with Crippen molar-refractivity contribution >= 4 is 34.9 Å². The molecule has 132 valence electrons. The summed E-state index contributed by atoms with van der Waals surface area (Å²) in [5.74, 6) is 0.838. The molecule has 1 N–H and O–H groups in total. The first-order chi connectivity index (χ1) is 11.8. The fourth-order valence-electron chi connectivity index (χ4n) is 2.55. The molecule has 1 aliphatic heterocycles. The van der Waals surface area contributed by atoms with Gasteiger partial charge in [-0.25, -0.2) is 4.98 Å². The monoisotopic (exact) mass is 375 g/mol. The van der Waals surface area contributed by atoms with E-state index < -0.39 is 6.04 Å². The van der Waals surface area contributed by atoms with Crippen molar-refractivity contribution in [3.05, 3.63) is 41.4 Å². The van der Waals surface area contributed by atoms with Gasteiger partial charge in [0.25, 0.3) is 5.91 Å². The highest BCUT2D eigenvalue weighted by Gasteiger charge is 2.37. The van der Waals surface area contributed by atoms with Crippen molar-refractivity contribution in [2.75, 3.05) is 11.6 Å². The van der Waals surface area contributed by atoms with Gasteiger partial charge in [0, 0.05) is 22.2 Å². The van der Waals surface area contributed by atoms with E-state index in [0.717, 1.165) is 10.6 Å². The number of carbonyl (C=O) groups excluding carboxylic acids is 2. The number of thiazole rings is 1. The molecule has 0 saturated carbocycles. The lowest BCUT2D eigenvalue weighted by Crippen LogP contribution is -2.52. The van der Waals surface area contributed by atoms with E-state index in [1.807, 2.05) is 51.1 Å². The Morgan fingerprint density at radius 1 is 1.24 bits per heavy atom. The van der Waals surface area contributed by atoms with Crippen LogP contribution in [0, 0.1) is 0 Å². The van der Waals surface area contributed by atoms with Crippen LogP contribution in [-0.2, 0) is 4.79 Å². The summed E-state index contributed by atoms with van der Waals surface area (Å²) < 4.78 is 0. The number of benzene rings is 1. The van der Waals surface area contributed by atoms with Gasteiger partial charge in [-0.3, -0.25) is 9.59 Å². The minimum absolute atomic E-state index is 0.107. The molecule has 1 aromatic heterocycles. The molecule has 3 rings (SSSR count). The zero-order valence-electron chi connectivity index (χ0n) is 14.5. The van der Waals surface area contributed by atoms with Crippen molar-refractivity contribution in [1.29, 1.82) is 0 Å². The van der Waals surface area contributed by atoms with E-state index in [2.05, 4.69) is 10.3 Å². The Hall–Kier alpha value is -1.86. The fourth-order valence-corrected chi connectivity index (χ4v) is 4.50. The Morgan fingerprint density at radius 2 is 1.96 bits per heavy atom. The molecule has 25 heavy (non-hydrogen) atoms. The lowest BCUT2D eigenvalue weighted by molar-refractivity contribution is -0.125. The number of amides is 2. The van der Waals surface area contributed by atoms with Crippen molar-refractivity contribution in [3.8, 4) is 10.6 Å². The standard InChI is InChI=1S/C18H21N3O2S2/c1-18(2,3)20-15(22)14-10-24-11-21(14)17(23)13-9-25-16(19-13)12-7-5-4-6-8-12/h4-9,14H,10-11H2,1-3H3,(H,20,22). The first-order valence-corrected chi connectivity index (χ1v) is 10.1. The van der Waals surface area contributed by atoms with E-state index in [0.29, 0.717) is 17.3 Å². The summed E-state index contributed by atoms with van der Waals surface area (Å²) in [7, 11) is 0. The Bertz CT molecular complexity index is 768. The summed E-state index contributed by atoms with van der Waals surface area (Å²) in [5.41, 5.74) is 1.07. The molecule has 1 aliphatic rings. The third-order valence-corrected chi connectivity index (χ3v) is 5.59. The smallest absolute Gasteiger partial charge is 0.274 e. The van der Waals surface area contributed by atoms with Gasteiger partial charge in [-0.15, -0.1) is 23.1 Å². The maximum absolute atomic E-state index is 12.8. The number of aromatic nitrogens is 1. The molecule has 7 heteroatoms. The average Bonchev–Trinajstić information content (AvgIpc) is 3.23. The van der Waals surface area contributed by atoms with Crippen molar-refractivity contribution < 1.29 is 9.59 Å². The molecular weight excluding hydrogens is 354 g/mol. The molecule has 0 aliphatic carbocycles. The minimum atomic E-state index is -0.446. The Labute approximate surface area is 155 Å². The van der Waals surface area contributed by atoms with Crippen LogP contribution in [0.5, 0.6) is 0 Å². The summed E-state index contributed by atoms with van der Waals surface area (Å²) in [5, 5.41) is 5.55. The van der Waals surface area contributed by atoms with E-state index in [9.17, 15) is 9.59 Å².